The molecule has 2 nitrogen and oxygen atoms in total. The Morgan fingerprint density at radius 1 is 1.18 bits per heavy atom. The van der Waals surface area contributed by atoms with E-state index in [-0.39, 0.29) is 0 Å². The van der Waals surface area contributed by atoms with Gasteiger partial charge in [0.15, 0.2) is 0 Å². The molecule has 0 atom stereocenters. The lowest BCUT2D eigenvalue weighted by atomic mass is 10.2. The van der Waals surface area contributed by atoms with Crippen LogP contribution in [-0.4, -0.2) is 4.98 Å². The Kier molecular flexibility index (Phi) is 3.79. The van der Waals surface area contributed by atoms with Crippen LogP contribution in [0.3, 0.4) is 0 Å². The Hall–Kier alpha value is -1.35. The maximum absolute atomic E-state index is 4.18. The van der Waals surface area contributed by atoms with Gasteiger partial charge in [-0.05, 0) is 48.7 Å². The van der Waals surface area contributed by atoms with Crippen LogP contribution in [0, 0.1) is 13.8 Å². The minimum atomic E-state index is 0.801. The average molecular weight is 291 g/mol. The van der Waals surface area contributed by atoms with Gasteiger partial charge in [0.1, 0.15) is 0 Å². The number of nitrogens with zero attached hydrogens (tertiary/aromatic N) is 1. The molecule has 1 aromatic carbocycles. The number of aryl methyl sites for hydroxylation is 2. The highest BCUT2D eigenvalue weighted by Crippen LogP contribution is 2.20. The van der Waals surface area contributed by atoms with Crippen molar-refractivity contribution in [1.29, 1.82) is 0 Å². The normalized spacial score (nSPS) is 10.3. The number of nitrogens with one attached hydrogen (secondary N) is 1. The second-order valence-corrected chi connectivity index (χ2v) is 5.04. The lowest BCUT2D eigenvalue weighted by Gasteiger charge is -2.08. The maximum atomic E-state index is 4.18. The van der Waals surface area contributed by atoms with Crippen molar-refractivity contribution in [2.24, 2.45) is 0 Å². The lowest BCUT2D eigenvalue weighted by molar-refractivity contribution is 1.10. The lowest BCUT2D eigenvalue weighted by Crippen LogP contribution is -2.00. The topological polar surface area (TPSA) is 24.9 Å². The van der Waals surface area contributed by atoms with Crippen LogP contribution in [0.5, 0.6) is 0 Å². The van der Waals surface area contributed by atoms with E-state index >= 15 is 0 Å². The molecule has 88 valence electrons. The third-order valence-electron chi connectivity index (χ3n) is 2.59. The molecular weight excluding hydrogens is 276 g/mol. The second-order valence-electron chi connectivity index (χ2n) is 4.19. The van der Waals surface area contributed by atoms with E-state index in [9.17, 15) is 0 Å². The highest BCUT2D eigenvalue weighted by molar-refractivity contribution is 9.10. The number of benzene rings is 1. The van der Waals surface area contributed by atoms with Gasteiger partial charge in [-0.15, -0.1) is 0 Å². The smallest absolute Gasteiger partial charge is 0.0416 e. The van der Waals surface area contributed by atoms with Gasteiger partial charge in [-0.25, -0.2) is 0 Å². The van der Waals surface area contributed by atoms with Crippen molar-refractivity contribution in [2.45, 2.75) is 20.4 Å². The van der Waals surface area contributed by atoms with E-state index in [4.69, 9.17) is 0 Å². The summed E-state index contributed by atoms with van der Waals surface area (Å²) in [5.74, 6) is 0. The quantitative estimate of drug-likeness (QED) is 0.922. The average Bonchev–Trinajstić information content (AvgIpc) is 2.31. The number of hydrogen-bond donors (Lipinski definition) is 1. The Labute approximate surface area is 110 Å². The standard InChI is InChI=1S/C14H15BrN2/c1-10-5-12(8-16-7-10)9-17-13-3-4-14(15)11(2)6-13/h3-8,17H,9H2,1-2H3. The zero-order valence-corrected chi connectivity index (χ0v) is 11.6. The van der Waals surface area contributed by atoms with Crippen LogP contribution in [0.15, 0.2) is 41.1 Å². The van der Waals surface area contributed by atoms with E-state index in [1.165, 1.54) is 16.7 Å². The van der Waals surface area contributed by atoms with Crippen LogP contribution in [0.2, 0.25) is 0 Å². The van der Waals surface area contributed by atoms with Crippen molar-refractivity contribution >= 4 is 21.6 Å². The van der Waals surface area contributed by atoms with E-state index in [1.54, 1.807) is 0 Å². The molecule has 1 heterocycles. The minimum Gasteiger partial charge on any atom is -0.381 e. The minimum absolute atomic E-state index is 0.801. The largest absolute Gasteiger partial charge is 0.381 e. The molecule has 2 aromatic rings. The summed E-state index contributed by atoms with van der Waals surface area (Å²) in [5.41, 5.74) is 4.76. The van der Waals surface area contributed by atoms with Crippen molar-refractivity contribution in [3.63, 3.8) is 0 Å². The first kappa shape index (κ1) is 12.1. The van der Waals surface area contributed by atoms with Gasteiger partial charge in [-0.1, -0.05) is 22.0 Å². The Morgan fingerprint density at radius 3 is 2.71 bits per heavy atom. The summed E-state index contributed by atoms with van der Waals surface area (Å²) in [4.78, 5) is 4.18. The van der Waals surface area contributed by atoms with Crippen molar-refractivity contribution in [2.75, 3.05) is 5.32 Å². The molecule has 3 heteroatoms. The third-order valence-corrected chi connectivity index (χ3v) is 3.48. The second kappa shape index (κ2) is 5.32. The number of hydrogen-bond acceptors (Lipinski definition) is 2. The molecule has 0 unspecified atom stereocenters. The Balaban J connectivity index is 2.05. The van der Waals surface area contributed by atoms with Gasteiger partial charge in [0, 0.05) is 29.1 Å². The molecule has 2 rings (SSSR count). The molecule has 0 fully saturated rings. The molecule has 0 bridgehead atoms. The predicted octanol–water partition coefficient (Wildman–Crippen LogP) is 4.07. The van der Waals surface area contributed by atoms with Crippen molar-refractivity contribution in [3.05, 3.63) is 57.8 Å². The van der Waals surface area contributed by atoms with Gasteiger partial charge in [-0.3, -0.25) is 4.98 Å². The first-order chi connectivity index (χ1) is 8.15. The van der Waals surface area contributed by atoms with Gasteiger partial charge in [0.05, 0.1) is 0 Å². The SMILES string of the molecule is Cc1cncc(CNc2ccc(Br)c(C)c2)c1. The number of halogens is 1. The molecule has 0 aliphatic heterocycles. The highest BCUT2D eigenvalue weighted by atomic mass is 79.9. The van der Waals surface area contributed by atoms with E-state index in [0.717, 1.165) is 16.7 Å². The molecule has 1 N–H and O–H groups in total. The Bertz CT molecular complexity index is 523. The molecule has 0 radical (unpaired) electrons. The summed E-state index contributed by atoms with van der Waals surface area (Å²) in [7, 11) is 0. The third kappa shape index (κ3) is 3.30. The molecular formula is C14H15BrN2. The molecule has 1 aromatic heterocycles. The van der Waals surface area contributed by atoms with Crippen LogP contribution < -0.4 is 5.32 Å². The number of anilines is 1. The first-order valence-corrected chi connectivity index (χ1v) is 6.35. The highest BCUT2D eigenvalue weighted by Gasteiger charge is 1.98. The summed E-state index contributed by atoms with van der Waals surface area (Å²) in [5, 5.41) is 3.40. The fourth-order valence-electron chi connectivity index (χ4n) is 1.67. The summed E-state index contributed by atoms with van der Waals surface area (Å²) >= 11 is 3.50. The van der Waals surface area contributed by atoms with Crippen molar-refractivity contribution in [1.82, 2.24) is 4.98 Å². The monoisotopic (exact) mass is 290 g/mol. The number of rotatable bonds is 3. The van der Waals surface area contributed by atoms with Gasteiger partial charge in [-0.2, -0.15) is 0 Å². The van der Waals surface area contributed by atoms with Crippen LogP contribution in [0.1, 0.15) is 16.7 Å². The predicted molar refractivity (Wildman–Crippen MR) is 75.2 cm³/mol. The number of pyridine rings is 1. The van der Waals surface area contributed by atoms with Crippen LogP contribution in [-0.2, 0) is 6.54 Å². The molecule has 17 heavy (non-hydrogen) atoms. The zero-order valence-electron chi connectivity index (χ0n) is 10.00. The van der Waals surface area contributed by atoms with Gasteiger partial charge >= 0.3 is 0 Å². The Morgan fingerprint density at radius 2 is 2.00 bits per heavy atom. The fraction of sp³-hybridized carbons (Fsp3) is 0.214. The van der Waals surface area contributed by atoms with Crippen LogP contribution >= 0.6 is 15.9 Å². The van der Waals surface area contributed by atoms with E-state index < -0.39 is 0 Å². The first-order valence-electron chi connectivity index (χ1n) is 5.56. The summed E-state index contributed by atoms with van der Waals surface area (Å²) < 4.78 is 1.14. The van der Waals surface area contributed by atoms with Crippen LogP contribution in [0.25, 0.3) is 0 Å². The molecule has 0 aliphatic carbocycles. The van der Waals surface area contributed by atoms with Crippen molar-refractivity contribution in [3.8, 4) is 0 Å². The van der Waals surface area contributed by atoms with E-state index in [1.807, 2.05) is 12.4 Å². The maximum Gasteiger partial charge on any atom is 0.0416 e. The van der Waals surface area contributed by atoms with E-state index in [2.05, 4.69) is 64.3 Å². The van der Waals surface area contributed by atoms with Gasteiger partial charge in [0.25, 0.3) is 0 Å². The van der Waals surface area contributed by atoms with Gasteiger partial charge in [0.2, 0.25) is 0 Å². The molecule has 0 aliphatic rings. The fourth-order valence-corrected chi connectivity index (χ4v) is 1.92. The summed E-state index contributed by atoms with van der Waals surface area (Å²) in [6.45, 7) is 4.94. The van der Waals surface area contributed by atoms with Gasteiger partial charge < -0.3 is 5.32 Å². The molecule has 0 spiro atoms. The zero-order chi connectivity index (χ0) is 12.3. The molecule has 0 saturated carbocycles. The summed E-state index contributed by atoms with van der Waals surface area (Å²) in [6.07, 6.45) is 3.76. The van der Waals surface area contributed by atoms with Crippen LogP contribution in [0.4, 0.5) is 5.69 Å². The summed E-state index contributed by atoms with van der Waals surface area (Å²) in [6, 6.07) is 8.41. The molecule has 0 saturated heterocycles. The van der Waals surface area contributed by atoms with Crippen molar-refractivity contribution < 1.29 is 0 Å². The van der Waals surface area contributed by atoms with E-state index in [0.29, 0.717) is 0 Å². The number of aromatic nitrogens is 1. The molecule has 0 amide bonds.